The average molecular weight is 276 g/mol. The van der Waals surface area contributed by atoms with Crippen LogP contribution in [0.25, 0.3) is 0 Å². The van der Waals surface area contributed by atoms with Crippen molar-refractivity contribution in [1.82, 2.24) is 10.2 Å². The highest BCUT2D eigenvalue weighted by molar-refractivity contribution is 7.98. The number of benzene rings is 1. The lowest BCUT2D eigenvalue weighted by Gasteiger charge is -2.00. The predicted octanol–water partition coefficient (Wildman–Crippen LogP) is 2.07. The molecule has 1 aliphatic heterocycles. The summed E-state index contributed by atoms with van der Waals surface area (Å²) in [6.07, 6.45) is 2.38. The van der Waals surface area contributed by atoms with Crippen LogP contribution in [0.3, 0.4) is 0 Å². The lowest BCUT2D eigenvalue weighted by Crippen LogP contribution is -2.81. The van der Waals surface area contributed by atoms with E-state index in [2.05, 4.69) is 46.7 Å². The molecule has 0 unspecified atom stereocenters. The largest absolute Gasteiger partial charge is 0.410 e. The topological polar surface area (TPSA) is 55.5 Å². The minimum atomic E-state index is 0.376. The third-order valence-corrected chi connectivity index (χ3v) is 4.28. The normalized spacial score (nSPS) is 18.9. The van der Waals surface area contributed by atoms with Crippen LogP contribution >= 0.6 is 11.8 Å². The Kier molecular flexibility index (Phi) is 3.84. The molecule has 100 valence electrons. The van der Waals surface area contributed by atoms with Crippen molar-refractivity contribution in [3.8, 4) is 0 Å². The van der Waals surface area contributed by atoms with Gasteiger partial charge in [0.05, 0.1) is 6.54 Å². The van der Waals surface area contributed by atoms with Gasteiger partial charge in [0, 0.05) is 18.6 Å². The van der Waals surface area contributed by atoms with Crippen molar-refractivity contribution in [3.05, 3.63) is 41.3 Å². The van der Waals surface area contributed by atoms with E-state index in [0.717, 1.165) is 18.1 Å². The predicted molar refractivity (Wildman–Crippen MR) is 73.8 cm³/mol. The Morgan fingerprint density at radius 2 is 2.16 bits per heavy atom. The molecule has 1 saturated heterocycles. The first kappa shape index (κ1) is 12.7. The molecule has 0 amide bonds. The van der Waals surface area contributed by atoms with Gasteiger partial charge in [-0.15, -0.1) is 10.2 Å². The van der Waals surface area contributed by atoms with Crippen LogP contribution < -0.4 is 5.32 Å². The highest BCUT2D eigenvalue weighted by Crippen LogP contribution is 2.24. The fourth-order valence-corrected chi connectivity index (χ4v) is 2.98. The van der Waals surface area contributed by atoms with Crippen LogP contribution in [-0.4, -0.2) is 16.7 Å². The standard InChI is InChI=1S/C14H17N3OS/c1-10-4-6-11(7-5-10)9-19-14-17-16-13(18-14)12-3-2-8-15-12/h4-7,12,15H,2-3,8-9H2,1H3/p+1/t12-/m0/s1. The van der Waals surface area contributed by atoms with E-state index in [4.69, 9.17) is 4.42 Å². The molecule has 0 saturated carbocycles. The third kappa shape index (κ3) is 3.16. The summed E-state index contributed by atoms with van der Waals surface area (Å²) in [5.41, 5.74) is 2.56. The van der Waals surface area contributed by atoms with Gasteiger partial charge in [0.1, 0.15) is 0 Å². The van der Waals surface area contributed by atoms with E-state index in [0.29, 0.717) is 11.3 Å². The van der Waals surface area contributed by atoms with Crippen LogP contribution in [0.15, 0.2) is 33.9 Å². The Hall–Kier alpha value is -1.33. The Balaban J connectivity index is 1.59. The lowest BCUT2D eigenvalue weighted by molar-refractivity contribution is -0.678. The van der Waals surface area contributed by atoms with Crippen LogP contribution in [0.1, 0.15) is 35.9 Å². The molecule has 0 aliphatic carbocycles. The number of quaternary nitrogens is 1. The van der Waals surface area contributed by atoms with Crippen LogP contribution in [0.2, 0.25) is 0 Å². The number of hydrogen-bond acceptors (Lipinski definition) is 4. The van der Waals surface area contributed by atoms with Gasteiger partial charge in [-0.05, 0) is 12.5 Å². The second kappa shape index (κ2) is 5.75. The second-order valence-corrected chi connectivity index (χ2v) is 5.88. The van der Waals surface area contributed by atoms with Gasteiger partial charge in [-0.3, -0.25) is 0 Å². The van der Waals surface area contributed by atoms with Gasteiger partial charge in [-0.2, -0.15) is 0 Å². The van der Waals surface area contributed by atoms with Crippen LogP contribution in [-0.2, 0) is 5.75 Å². The lowest BCUT2D eigenvalue weighted by atomic mass is 10.2. The number of thioether (sulfide) groups is 1. The monoisotopic (exact) mass is 276 g/mol. The van der Waals surface area contributed by atoms with E-state index in [9.17, 15) is 0 Å². The number of hydrogen-bond donors (Lipinski definition) is 1. The average Bonchev–Trinajstić information content (AvgIpc) is 3.09. The molecule has 1 aromatic heterocycles. The number of aryl methyl sites for hydroxylation is 1. The summed E-state index contributed by atoms with van der Waals surface area (Å²) in [6, 6.07) is 8.92. The fraction of sp³-hybridized carbons (Fsp3) is 0.429. The van der Waals surface area contributed by atoms with Crippen molar-refractivity contribution in [3.63, 3.8) is 0 Å². The molecular formula is C14H18N3OS+. The Morgan fingerprint density at radius 3 is 2.89 bits per heavy atom. The van der Waals surface area contributed by atoms with E-state index in [1.54, 1.807) is 11.8 Å². The third-order valence-electron chi connectivity index (χ3n) is 3.39. The summed E-state index contributed by atoms with van der Waals surface area (Å²) in [6.45, 7) is 3.26. The molecule has 0 spiro atoms. The van der Waals surface area contributed by atoms with Gasteiger partial charge in [0.25, 0.3) is 11.1 Å². The molecule has 0 bridgehead atoms. The second-order valence-electron chi connectivity index (χ2n) is 4.95. The molecule has 4 nitrogen and oxygen atoms in total. The molecule has 2 N–H and O–H groups in total. The first-order valence-corrected chi connectivity index (χ1v) is 7.65. The summed E-state index contributed by atoms with van der Waals surface area (Å²) >= 11 is 1.60. The summed E-state index contributed by atoms with van der Waals surface area (Å²) in [5, 5.41) is 11.2. The molecule has 2 heterocycles. The molecule has 5 heteroatoms. The number of rotatable bonds is 4. The summed E-state index contributed by atoms with van der Waals surface area (Å²) < 4.78 is 5.72. The fourth-order valence-electron chi connectivity index (χ4n) is 2.26. The summed E-state index contributed by atoms with van der Waals surface area (Å²) in [7, 11) is 0. The highest BCUT2D eigenvalue weighted by atomic mass is 32.2. The van der Waals surface area contributed by atoms with E-state index in [1.165, 1.54) is 24.1 Å². The summed E-state index contributed by atoms with van der Waals surface area (Å²) in [4.78, 5) is 0. The smallest absolute Gasteiger partial charge is 0.277 e. The number of nitrogens with two attached hydrogens (primary N) is 1. The van der Waals surface area contributed by atoms with Crippen LogP contribution in [0, 0.1) is 6.92 Å². The van der Waals surface area contributed by atoms with E-state index in [1.807, 2.05) is 0 Å². The van der Waals surface area contributed by atoms with Crippen LogP contribution in [0.5, 0.6) is 0 Å². The van der Waals surface area contributed by atoms with Crippen molar-refractivity contribution >= 4 is 11.8 Å². The molecular weight excluding hydrogens is 258 g/mol. The van der Waals surface area contributed by atoms with Gasteiger partial charge < -0.3 is 9.73 Å². The van der Waals surface area contributed by atoms with E-state index >= 15 is 0 Å². The minimum absolute atomic E-state index is 0.376. The molecule has 0 radical (unpaired) electrons. The quantitative estimate of drug-likeness (QED) is 0.869. The molecule has 1 aromatic carbocycles. The zero-order valence-electron chi connectivity index (χ0n) is 11.0. The molecule has 1 atom stereocenters. The zero-order valence-corrected chi connectivity index (χ0v) is 11.8. The first-order chi connectivity index (χ1) is 9.31. The molecule has 3 rings (SSSR count). The Labute approximate surface area is 117 Å². The van der Waals surface area contributed by atoms with Crippen molar-refractivity contribution in [2.24, 2.45) is 0 Å². The van der Waals surface area contributed by atoms with Gasteiger partial charge in [-0.25, -0.2) is 0 Å². The van der Waals surface area contributed by atoms with Gasteiger partial charge in [0.2, 0.25) is 0 Å². The number of nitrogens with zero attached hydrogens (tertiary/aromatic N) is 2. The van der Waals surface area contributed by atoms with Crippen molar-refractivity contribution in [2.75, 3.05) is 6.54 Å². The maximum absolute atomic E-state index is 5.72. The first-order valence-electron chi connectivity index (χ1n) is 6.66. The van der Waals surface area contributed by atoms with Crippen molar-refractivity contribution < 1.29 is 9.73 Å². The molecule has 1 aliphatic rings. The van der Waals surface area contributed by atoms with Gasteiger partial charge in [0.15, 0.2) is 6.04 Å². The van der Waals surface area contributed by atoms with Crippen molar-refractivity contribution in [2.45, 2.75) is 36.8 Å². The highest BCUT2D eigenvalue weighted by Gasteiger charge is 2.26. The maximum atomic E-state index is 5.72. The Morgan fingerprint density at radius 1 is 1.32 bits per heavy atom. The van der Waals surface area contributed by atoms with E-state index < -0.39 is 0 Å². The SMILES string of the molecule is Cc1ccc(CSc2nnc([C@@H]3CCC[NH2+]3)o2)cc1. The molecule has 2 aromatic rings. The van der Waals surface area contributed by atoms with Gasteiger partial charge in [-0.1, -0.05) is 41.6 Å². The van der Waals surface area contributed by atoms with Gasteiger partial charge >= 0.3 is 0 Å². The summed E-state index contributed by atoms with van der Waals surface area (Å²) in [5.74, 6) is 1.65. The molecule has 19 heavy (non-hydrogen) atoms. The Bertz CT molecular complexity index is 532. The zero-order chi connectivity index (χ0) is 13.1. The minimum Gasteiger partial charge on any atom is -0.410 e. The number of aromatic nitrogens is 2. The maximum Gasteiger partial charge on any atom is 0.277 e. The molecule has 1 fully saturated rings. The van der Waals surface area contributed by atoms with Crippen LogP contribution in [0.4, 0.5) is 0 Å². The van der Waals surface area contributed by atoms with Crippen molar-refractivity contribution in [1.29, 1.82) is 0 Å². The van der Waals surface area contributed by atoms with E-state index in [-0.39, 0.29) is 0 Å².